The second-order valence-corrected chi connectivity index (χ2v) is 1.53. The Morgan fingerprint density at radius 2 is 1.23 bits per heavy atom. The molecule has 0 aliphatic rings. The number of carbonyl (C=O) groups excluding carboxylic acids is 2. The van der Waals surface area contributed by atoms with E-state index in [-0.39, 0.29) is 17.1 Å². The molecule has 0 saturated carbocycles. The fourth-order valence-electron chi connectivity index (χ4n) is 0.258. The summed E-state index contributed by atoms with van der Waals surface area (Å²) in [6.45, 7) is 4.75. The summed E-state index contributed by atoms with van der Waals surface area (Å²) < 4.78 is 0. The summed E-state index contributed by atoms with van der Waals surface area (Å²) in [6.07, 6.45) is -4.88. The summed E-state index contributed by atoms with van der Waals surface area (Å²) in [7, 11) is 0. The molecule has 0 aromatic heterocycles. The molecule has 7 nitrogen and oxygen atoms in total. The van der Waals surface area contributed by atoms with Gasteiger partial charge in [-0.05, 0) is 0 Å². The zero-order valence-electron chi connectivity index (χ0n) is 5.93. The molecule has 0 radical (unpaired) electrons. The van der Waals surface area contributed by atoms with E-state index in [0.717, 1.165) is 0 Å². The minimum atomic E-state index is -2.44. The Hall–Kier alpha value is -1.13. The van der Waals surface area contributed by atoms with Crippen LogP contribution in [0.4, 0.5) is 0 Å². The van der Waals surface area contributed by atoms with Crippen LogP contribution in [0, 0.1) is 11.8 Å². The predicted molar refractivity (Wildman–Crippen MR) is 27.0 cm³/mol. The molecule has 0 aliphatic carbocycles. The molecule has 2 atom stereocenters. The standard InChI is InChI=1S/C4H6O6.CN.Cu/c5-1(3(7)8)2(6)4(9)10;1-2;/h1-2,5-6H,(H,7,8)(H,9,10);;/q;-1;+3/p-2. The van der Waals surface area contributed by atoms with E-state index in [9.17, 15) is 19.8 Å². The minimum absolute atomic E-state index is 0. The van der Waals surface area contributed by atoms with Crippen molar-refractivity contribution in [1.29, 1.82) is 5.26 Å². The first kappa shape index (κ1) is 17.8. The zero-order valence-corrected chi connectivity index (χ0v) is 6.87. The molecule has 0 amide bonds. The monoisotopic (exact) mass is 237 g/mol. The SMILES string of the molecule is O=C([O-])C(O)C(O)C(=O)[O-].[C-]#N.[Cu+3]. The van der Waals surface area contributed by atoms with E-state index < -0.39 is 24.1 Å². The number of carboxylic acids is 2. The smallest absolute Gasteiger partial charge is 0.547 e. The average Bonchev–Trinajstić information content (AvgIpc) is 2.05. The second-order valence-electron chi connectivity index (χ2n) is 1.53. The molecule has 2 N–H and O–H groups in total. The van der Waals surface area contributed by atoms with Gasteiger partial charge in [0, 0.05) is 0 Å². The van der Waals surface area contributed by atoms with Crippen LogP contribution in [0.15, 0.2) is 0 Å². The summed E-state index contributed by atoms with van der Waals surface area (Å²) in [4.78, 5) is 19.3. The van der Waals surface area contributed by atoms with Crippen LogP contribution in [-0.4, -0.2) is 34.4 Å². The van der Waals surface area contributed by atoms with Gasteiger partial charge in [0.25, 0.3) is 0 Å². The summed E-state index contributed by atoms with van der Waals surface area (Å²) in [5.74, 6) is -4.12. The predicted octanol–water partition coefficient (Wildman–Crippen LogP) is -4.70. The van der Waals surface area contributed by atoms with Crippen molar-refractivity contribution in [3.8, 4) is 0 Å². The van der Waals surface area contributed by atoms with Gasteiger partial charge in [-0.25, -0.2) is 0 Å². The van der Waals surface area contributed by atoms with Gasteiger partial charge in [0.05, 0.1) is 11.9 Å². The van der Waals surface area contributed by atoms with Gasteiger partial charge in [0.15, 0.2) is 0 Å². The maximum Gasteiger partial charge on any atom is 3.00 e. The van der Waals surface area contributed by atoms with Gasteiger partial charge in [0.1, 0.15) is 12.2 Å². The van der Waals surface area contributed by atoms with Crippen molar-refractivity contribution in [2.45, 2.75) is 12.2 Å². The molecule has 0 aliphatic heterocycles. The van der Waals surface area contributed by atoms with E-state index in [0.29, 0.717) is 0 Å². The molecule has 0 rings (SSSR count). The fraction of sp³-hybridized carbons (Fsp3) is 0.400. The number of aliphatic hydroxyl groups excluding tert-OH is 2. The second kappa shape index (κ2) is 8.96. The van der Waals surface area contributed by atoms with Crippen molar-refractivity contribution < 1.29 is 47.1 Å². The summed E-state index contributed by atoms with van der Waals surface area (Å²) in [5.41, 5.74) is 0. The fourth-order valence-corrected chi connectivity index (χ4v) is 0.258. The molecule has 0 bridgehead atoms. The largest absolute Gasteiger partial charge is 3.00 e. The molecule has 76 valence electrons. The van der Waals surface area contributed by atoms with Crippen molar-refractivity contribution in [3.05, 3.63) is 6.57 Å². The minimum Gasteiger partial charge on any atom is -0.547 e. The van der Waals surface area contributed by atoms with Crippen LogP contribution in [0.2, 0.25) is 0 Å². The van der Waals surface area contributed by atoms with Crippen LogP contribution in [-0.2, 0) is 26.7 Å². The van der Waals surface area contributed by atoms with E-state index in [1.54, 1.807) is 0 Å². The first-order chi connectivity index (χ1) is 5.46. The molecule has 0 heterocycles. The van der Waals surface area contributed by atoms with E-state index in [1.807, 2.05) is 0 Å². The van der Waals surface area contributed by atoms with Crippen LogP contribution in [0.3, 0.4) is 0 Å². The first-order valence-corrected chi connectivity index (χ1v) is 2.47. The summed E-state index contributed by atoms with van der Waals surface area (Å²) in [6, 6.07) is 0. The van der Waals surface area contributed by atoms with Crippen molar-refractivity contribution in [2.24, 2.45) is 0 Å². The zero-order chi connectivity index (χ0) is 10.3. The Morgan fingerprint density at radius 3 is 1.31 bits per heavy atom. The van der Waals surface area contributed by atoms with Gasteiger partial charge in [-0.3, -0.25) is 0 Å². The molecular formula is C5H4CuNO6. The molecule has 0 aromatic carbocycles. The van der Waals surface area contributed by atoms with Crippen molar-refractivity contribution >= 4 is 11.9 Å². The molecule has 8 heteroatoms. The molecule has 0 fully saturated rings. The number of aliphatic carboxylic acids is 2. The van der Waals surface area contributed by atoms with Crippen LogP contribution in [0.25, 0.3) is 0 Å². The van der Waals surface area contributed by atoms with Crippen molar-refractivity contribution in [1.82, 2.24) is 0 Å². The Morgan fingerprint density at radius 1 is 1.08 bits per heavy atom. The Labute approximate surface area is 83.7 Å². The van der Waals surface area contributed by atoms with Gasteiger partial charge in [0.2, 0.25) is 0 Å². The van der Waals surface area contributed by atoms with E-state index in [4.69, 9.17) is 22.0 Å². The van der Waals surface area contributed by atoms with Crippen LogP contribution in [0.1, 0.15) is 0 Å². The van der Waals surface area contributed by atoms with E-state index >= 15 is 0 Å². The number of carbonyl (C=O) groups is 2. The molecular weight excluding hydrogens is 234 g/mol. The summed E-state index contributed by atoms with van der Waals surface area (Å²) >= 11 is 0. The van der Waals surface area contributed by atoms with Gasteiger partial charge in [-0.1, -0.05) is 0 Å². The molecule has 0 saturated heterocycles. The first-order valence-electron chi connectivity index (χ1n) is 2.47. The van der Waals surface area contributed by atoms with Crippen LogP contribution >= 0.6 is 0 Å². The molecule has 0 aromatic rings. The van der Waals surface area contributed by atoms with E-state index in [1.165, 1.54) is 0 Å². The van der Waals surface area contributed by atoms with Gasteiger partial charge < -0.3 is 41.8 Å². The maximum absolute atomic E-state index is 9.63. The summed E-state index contributed by atoms with van der Waals surface area (Å²) in [5, 5.41) is 42.0. The maximum atomic E-state index is 9.63. The molecule has 0 spiro atoms. The van der Waals surface area contributed by atoms with Gasteiger partial charge in [-0.2, -0.15) is 0 Å². The normalized spacial score (nSPS) is 12.3. The third-order valence-corrected chi connectivity index (χ3v) is 0.782. The number of rotatable bonds is 3. The van der Waals surface area contributed by atoms with Gasteiger partial charge in [-0.15, -0.1) is 0 Å². The van der Waals surface area contributed by atoms with Gasteiger partial charge >= 0.3 is 17.1 Å². The Bertz CT molecular complexity index is 175. The van der Waals surface area contributed by atoms with E-state index in [2.05, 4.69) is 0 Å². The molecule has 13 heavy (non-hydrogen) atoms. The Balaban J connectivity index is -0.000000309. The quantitative estimate of drug-likeness (QED) is 0.370. The number of carboxylic acid groups (broad SMARTS) is 2. The average molecular weight is 238 g/mol. The number of hydrogen-bond donors (Lipinski definition) is 2. The van der Waals surface area contributed by atoms with Crippen LogP contribution in [0.5, 0.6) is 0 Å². The molecule has 2 unspecified atom stereocenters. The Kier molecular flexibility index (Phi) is 12.3. The van der Waals surface area contributed by atoms with Crippen molar-refractivity contribution in [3.63, 3.8) is 0 Å². The topological polar surface area (TPSA) is 145 Å². The van der Waals surface area contributed by atoms with Crippen molar-refractivity contribution in [2.75, 3.05) is 0 Å². The number of nitrogens with zero attached hydrogens (tertiary/aromatic N) is 1. The third-order valence-electron chi connectivity index (χ3n) is 0.782. The number of hydrogen-bond acceptors (Lipinski definition) is 7. The number of aliphatic hydroxyl groups is 2. The van der Waals surface area contributed by atoms with Crippen LogP contribution < -0.4 is 10.2 Å². The third kappa shape index (κ3) is 7.24.